The lowest BCUT2D eigenvalue weighted by Crippen LogP contribution is -2.11. The maximum atomic E-state index is 12.7. The smallest absolute Gasteiger partial charge is 0.417 e. The number of halogens is 3. The third-order valence-electron chi connectivity index (χ3n) is 3.07. The summed E-state index contributed by atoms with van der Waals surface area (Å²) in [5, 5.41) is 7.42. The van der Waals surface area contributed by atoms with Crippen molar-refractivity contribution < 1.29 is 22.7 Å². The average molecular weight is 317 g/mol. The maximum absolute atomic E-state index is 12.7. The Balaban J connectivity index is 1.94. The van der Waals surface area contributed by atoms with Crippen molar-refractivity contribution >= 4 is 23.4 Å². The first kappa shape index (κ1) is 14.2. The van der Waals surface area contributed by atoms with Gasteiger partial charge in [0.1, 0.15) is 11.4 Å². The Kier molecular flexibility index (Phi) is 3.31. The molecule has 0 aromatic carbocycles. The fourth-order valence-electron chi connectivity index (χ4n) is 2.06. The Hall–Kier alpha value is -1.77. The van der Waals surface area contributed by atoms with Crippen LogP contribution in [-0.4, -0.2) is 31.9 Å². The molecular formula is C12H10F3N3O2S. The van der Waals surface area contributed by atoms with Crippen molar-refractivity contribution in [1.82, 2.24) is 14.6 Å². The van der Waals surface area contributed by atoms with Gasteiger partial charge in [-0.25, -0.2) is 0 Å². The summed E-state index contributed by atoms with van der Waals surface area (Å²) >= 11 is 1.07. The zero-order valence-electron chi connectivity index (χ0n) is 10.8. The fraction of sp³-hybridized carbons (Fsp3) is 0.417. The van der Waals surface area contributed by atoms with Crippen LogP contribution in [0.15, 0.2) is 23.5 Å². The summed E-state index contributed by atoms with van der Waals surface area (Å²) in [5.74, 6) is -0.378. The molecule has 5 nitrogen and oxygen atoms in total. The molecule has 0 spiro atoms. The molecule has 0 bridgehead atoms. The van der Waals surface area contributed by atoms with Gasteiger partial charge in [-0.2, -0.15) is 13.2 Å². The Labute approximate surface area is 121 Å². The van der Waals surface area contributed by atoms with Crippen LogP contribution in [-0.2, 0) is 15.7 Å². The topological polar surface area (TPSA) is 56.5 Å². The summed E-state index contributed by atoms with van der Waals surface area (Å²) in [6, 6.07) is 2.19. The number of rotatable bonds is 2. The molecule has 9 heteroatoms. The highest BCUT2D eigenvalue weighted by Gasteiger charge is 2.35. The van der Waals surface area contributed by atoms with Crippen LogP contribution in [0.3, 0.4) is 0 Å². The summed E-state index contributed by atoms with van der Waals surface area (Å²) in [6.07, 6.45) is -3.21. The van der Waals surface area contributed by atoms with Crippen molar-refractivity contribution in [2.75, 3.05) is 0 Å². The molecule has 3 rings (SSSR count). The van der Waals surface area contributed by atoms with E-state index in [4.69, 9.17) is 4.74 Å². The number of pyridine rings is 1. The lowest BCUT2D eigenvalue weighted by Gasteiger charge is -2.08. The maximum Gasteiger partial charge on any atom is 0.417 e. The quantitative estimate of drug-likeness (QED) is 0.797. The second-order valence-corrected chi connectivity index (χ2v) is 5.89. The van der Waals surface area contributed by atoms with Gasteiger partial charge in [-0.1, -0.05) is 11.8 Å². The highest BCUT2D eigenvalue weighted by molar-refractivity contribution is 8.00. The van der Waals surface area contributed by atoms with Crippen LogP contribution < -0.4 is 0 Å². The highest BCUT2D eigenvalue weighted by Crippen LogP contribution is 2.33. The minimum absolute atomic E-state index is 0.195. The second-order valence-electron chi connectivity index (χ2n) is 4.72. The van der Waals surface area contributed by atoms with Crippen LogP contribution in [0, 0.1) is 0 Å². The molecule has 0 saturated carbocycles. The first-order chi connectivity index (χ1) is 9.84. The molecule has 3 heterocycles. The molecule has 1 fully saturated rings. The van der Waals surface area contributed by atoms with Gasteiger partial charge in [0, 0.05) is 12.6 Å². The van der Waals surface area contributed by atoms with E-state index in [1.54, 1.807) is 6.92 Å². The molecule has 1 saturated heterocycles. The molecular weight excluding hydrogens is 307 g/mol. The monoisotopic (exact) mass is 317 g/mol. The average Bonchev–Trinajstić information content (AvgIpc) is 2.93. The molecule has 112 valence electrons. The predicted molar refractivity (Wildman–Crippen MR) is 67.8 cm³/mol. The van der Waals surface area contributed by atoms with Gasteiger partial charge in [0.05, 0.1) is 5.56 Å². The van der Waals surface area contributed by atoms with Crippen LogP contribution in [0.25, 0.3) is 5.65 Å². The summed E-state index contributed by atoms with van der Waals surface area (Å²) < 4.78 is 44.5. The van der Waals surface area contributed by atoms with Crippen molar-refractivity contribution in [2.45, 2.75) is 36.0 Å². The lowest BCUT2D eigenvalue weighted by molar-refractivity contribution is -0.140. The predicted octanol–water partition coefficient (Wildman–Crippen LogP) is 2.54. The largest absolute Gasteiger partial charge is 0.462 e. The van der Waals surface area contributed by atoms with E-state index < -0.39 is 17.0 Å². The van der Waals surface area contributed by atoms with Gasteiger partial charge >= 0.3 is 12.1 Å². The van der Waals surface area contributed by atoms with Gasteiger partial charge in [-0.05, 0) is 19.1 Å². The van der Waals surface area contributed by atoms with Gasteiger partial charge in [0.15, 0.2) is 10.8 Å². The minimum Gasteiger partial charge on any atom is -0.462 e. The molecule has 0 aliphatic carbocycles. The second kappa shape index (κ2) is 4.90. The molecule has 0 radical (unpaired) electrons. The van der Waals surface area contributed by atoms with Crippen molar-refractivity contribution in [1.29, 1.82) is 0 Å². The number of hydrogen-bond donors (Lipinski definition) is 0. The number of alkyl halides is 3. The minimum atomic E-state index is -4.44. The molecule has 2 aromatic rings. The van der Waals surface area contributed by atoms with Crippen molar-refractivity contribution in [3.05, 3.63) is 23.9 Å². The van der Waals surface area contributed by atoms with Gasteiger partial charge in [-0.15, -0.1) is 10.2 Å². The van der Waals surface area contributed by atoms with Crippen LogP contribution in [0.5, 0.6) is 0 Å². The molecule has 0 N–H and O–H groups in total. The number of carbonyl (C=O) groups is 1. The zero-order valence-corrected chi connectivity index (χ0v) is 11.6. The fourth-order valence-corrected chi connectivity index (χ4v) is 3.18. The first-order valence-corrected chi connectivity index (χ1v) is 7.01. The van der Waals surface area contributed by atoms with Crippen LogP contribution in [0.4, 0.5) is 13.2 Å². The SMILES string of the molecule is C[C@H]1C[C@H](Sc2nnc3ccc(C(F)(F)F)cn23)C(=O)O1. The van der Waals surface area contributed by atoms with E-state index in [1.807, 2.05) is 0 Å². The molecule has 0 amide bonds. The standard InChI is InChI=1S/C12H10F3N3O2S/c1-6-4-8(10(19)20-6)21-11-17-16-9-3-2-7(5-18(9)11)12(13,14)15/h2-3,5-6,8H,4H2,1H3/t6-,8-/m0/s1. The number of cyclic esters (lactones) is 1. The summed E-state index contributed by atoms with van der Waals surface area (Å²) in [7, 11) is 0. The molecule has 1 aliphatic heterocycles. The van der Waals surface area contributed by atoms with E-state index in [-0.39, 0.29) is 17.2 Å². The molecule has 0 unspecified atom stereocenters. The third kappa shape index (κ3) is 2.69. The van der Waals surface area contributed by atoms with Crippen molar-refractivity contribution in [3.63, 3.8) is 0 Å². The van der Waals surface area contributed by atoms with E-state index in [9.17, 15) is 18.0 Å². The van der Waals surface area contributed by atoms with E-state index in [0.717, 1.165) is 24.0 Å². The Morgan fingerprint density at radius 3 is 2.76 bits per heavy atom. The molecule has 1 aliphatic rings. The number of nitrogens with zero attached hydrogens (tertiary/aromatic N) is 3. The summed E-state index contributed by atoms with van der Waals surface area (Å²) in [6.45, 7) is 1.77. The number of esters is 1. The Morgan fingerprint density at radius 2 is 2.14 bits per heavy atom. The van der Waals surface area contributed by atoms with E-state index in [1.165, 1.54) is 10.5 Å². The van der Waals surface area contributed by atoms with Crippen LogP contribution in [0.2, 0.25) is 0 Å². The third-order valence-corrected chi connectivity index (χ3v) is 4.23. The zero-order chi connectivity index (χ0) is 15.2. The lowest BCUT2D eigenvalue weighted by atomic mass is 10.3. The Bertz CT molecular complexity index is 701. The van der Waals surface area contributed by atoms with Gasteiger partial charge in [0.25, 0.3) is 0 Å². The van der Waals surface area contributed by atoms with Crippen molar-refractivity contribution in [3.8, 4) is 0 Å². The highest BCUT2D eigenvalue weighted by atomic mass is 32.2. The number of fused-ring (bicyclic) bond motifs is 1. The number of ether oxygens (including phenoxy) is 1. The van der Waals surface area contributed by atoms with Crippen molar-refractivity contribution in [2.24, 2.45) is 0 Å². The van der Waals surface area contributed by atoms with Gasteiger partial charge in [-0.3, -0.25) is 9.20 Å². The Morgan fingerprint density at radius 1 is 1.38 bits per heavy atom. The number of aromatic nitrogens is 3. The first-order valence-electron chi connectivity index (χ1n) is 6.14. The number of thioether (sulfide) groups is 1. The summed E-state index contributed by atoms with van der Waals surface area (Å²) in [4.78, 5) is 11.6. The van der Waals surface area contributed by atoms with E-state index >= 15 is 0 Å². The molecule has 2 atom stereocenters. The molecule has 21 heavy (non-hydrogen) atoms. The normalized spacial score (nSPS) is 22.8. The van der Waals surface area contributed by atoms with E-state index in [2.05, 4.69) is 10.2 Å². The van der Waals surface area contributed by atoms with E-state index in [0.29, 0.717) is 12.1 Å². The number of hydrogen-bond acceptors (Lipinski definition) is 5. The summed E-state index contributed by atoms with van der Waals surface area (Å²) in [5.41, 5.74) is -0.496. The van der Waals surface area contributed by atoms with Crippen LogP contribution in [0.1, 0.15) is 18.9 Å². The van der Waals surface area contributed by atoms with Crippen LogP contribution >= 0.6 is 11.8 Å². The molecule has 2 aromatic heterocycles. The van der Waals surface area contributed by atoms with Gasteiger partial charge < -0.3 is 4.74 Å². The number of carbonyl (C=O) groups excluding carboxylic acids is 1. The van der Waals surface area contributed by atoms with Gasteiger partial charge in [0.2, 0.25) is 0 Å².